The maximum Gasteiger partial charge on any atom is 0.328 e. The van der Waals surface area contributed by atoms with Gasteiger partial charge in [0.25, 0.3) is 0 Å². The monoisotopic (exact) mass is 288 g/mol. The van der Waals surface area contributed by atoms with E-state index in [1.54, 1.807) is 9.13 Å². The van der Waals surface area contributed by atoms with Crippen molar-refractivity contribution in [2.75, 3.05) is 0 Å². The molecule has 2 heterocycles. The number of hydrogen-bond acceptors (Lipinski definition) is 2. The van der Waals surface area contributed by atoms with E-state index in [0.29, 0.717) is 12.6 Å². The smallest absolute Gasteiger partial charge is 0.297 e. The lowest BCUT2D eigenvalue weighted by Crippen LogP contribution is -2.25. The first-order valence-electron chi connectivity index (χ1n) is 7.96. The van der Waals surface area contributed by atoms with Crippen LogP contribution in [0.5, 0.6) is 0 Å². The van der Waals surface area contributed by atoms with E-state index in [1.165, 1.54) is 32.1 Å². The molecule has 21 heavy (non-hydrogen) atoms. The van der Waals surface area contributed by atoms with E-state index in [0.717, 1.165) is 5.69 Å². The second-order valence-electron chi connectivity index (χ2n) is 6.29. The van der Waals surface area contributed by atoms with Crippen LogP contribution in [0.25, 0.3) is 0 Å². The zero-order valence-corrected chi connectivity index (χ0v) is 12.9. The van der Waals surface area contributed by atoms with Crippen molar-refractivity contribution in [1.82, 2.24) is 18.9 Å². The van der Waals surface area contributed by atoms with E-state index in [4.69, 9.17) is 0 Å². The normalized spacial score (nSPS) is 16.7. The highest BCUT2D eigenvalue weighted by Gasteiger charge is 2.16. The van der Waals surface area contributed by atoms with Gasteiger partial charge in [0.15, 0.2) is 0 Å². The summed E-state index contributed by atoms with van der Waals surface area (Å²) < 4.78 is 5.57. The predicted octanol–water partition coefficient (Wildman–Crippen LogP) is 2.98. The van der Waals surface area contributed by atoms with Crippen LogP contribution in [0.4, 0.5) is 0 Å². The third-order valence-electron chi connectivity index (χ3n) is 4.37. The Hall–Kier alpha value is -1.78. The first-order chi connectivity index (χ1) is 10.1. The molecule has 0 amide bonds. The Balaban J connectivity index is 1.74. The third-order valence-corrected chi connectivity index (χ3v) is 4.37. The fraction of sp³-hybridized carbons (Fsp3) is 0.625. The highest BCUT2D eigenvalue weighted by atomic mass is 16.1. The molecule has 0 saturated heterocycles. The number of imidazole rings is 1. The molecule has 0 bridgehead atoms. The van der Waals surface area contributed by atoms with Crippen LogP contribution in [0.15, 0.2) is 29.5 Å². The molecule has 114 valence electrons. The number of nitrogens with zero attached hydrogens (tertiary/aromatic N) is 4. The summed E-state index contributed by atoms with van der Waals surface area (Å²) in [4.78, 5) is 12.2. The molecule has 1 aliphatic carbocycles. The van der Waals surface area contributed by atoms with Gasteiger partial charge in [-0.1, -0.05) is 19.3 Å². The van der Waals surface area contributed by atoms with Crippen LogP contribution in [0.3, 0.4) is 0 Å². The molecule has 3 rings (SSSR count). The van der Waals surface area contributed by atoms with Crippen molar-refractivity contribution in [3.8, 4) is 0 Å². The molecule has 0 unspecified atom stereocenters. The maximum absolute atomic E-state index is 12.2. The van der Waals surface area contributed by atoms with E-state index in [-0.39, 0.29) is 11.7 Å². The molecule has 1 fully saturated rings. The van der Waals surface area contributed by atoms with Crippen molar-refractivity contribution in [1.29, 1.82) is 0 Å². The average Bonchev–Trinajstić information content (AvgIpc) is 3.08. The van der Waals surface area contributed by atoms with Gasteiger partial charge in [0.05, 0.1) is 18.3 Å². The van der Waals surface area contributed by atoms with Gasteiger partial charge in [0.1, 0.15) is 0 Å². The van der Waals surface area contributed by atoms with Gasteiger partial charge in [0, 0.05) is 24.6 Å². The van der Waals surface area contributed by atoms with Crippen LogP contribution >= 0.6 is 0 Å². The molecule has 5 heteroatoms. The van der Waals surface area contributed by atoms with E-state index in [9.17, 15) is 4.79 Å². The molecule has 0 atom stereocenters. The van der Waals surface area contributed by atoms with Crippen LogP contribution in [0, 0.1) is 0 Å². The maximum atomic E-state index is 12.2. The molecule has 2 aromatic heterocycles. The van der Waals surface area contributed by atoms with E-state index < -0.39 is 0 Å². The zero-order chi connectivity index (χ0) is 14.8. The van der Waals surface area contributed by atoms with Crippen LogP contribution in [-0.2, 0) is 6.54 Å². The van der Waals surface area contributed by atoms with Crippen molar-refractivity contribution in [2.45, 2.75) is 64.6 Å². The van der Waals surface area contributed by atoms with Gasteiger partial charge in [0.2, 0.25) is 0 Å². The van der Waals surface area contributed by atoms with Gasteiger partial charge in [-0.15, -0.1) is 0 Å². The SMILES string of the molecule is CC(C)n1ccn(Cc2ccn(C3CCCCC3)n2)c1=O. The quantitative estimate of drug-likeness (QED) is 0.868. The lowest BCUT2D eigenvalue weighted by Gasteiger charge is -2.21. The van der Waals surface area contributed by atoms with E-state index in [1.807, 2.05) is 32.3 Å². The Morgan fingerprint density at radius 1 is 1.19 bits per heavy atom. The summed E-state index contributed by atoms with van der Waals surface area (Å²) in [5, 5.41) is 4.67. The molecule has 0 radical (unpaired) electrons. The van der Waals surface area contributed by atoms with Gasteiger partial charge in [-0.2, -0.15) is 5.10 Å². The van der Waals surface area contributed by atoms with Gasteiger partial charge in [-0.05, 0) is 32.8 Å². The van der Waals surface area contributed by atoms with Crippen LogP contribution in [0.2, 0.25) is 0 Å². The summed E-state index contributed by atoms with van der Waals surface area (Å²) in [5.74, 6) is 0. The van der Waals surface area contributed by atoms with E-state index >= 15 is 0 Å². The molecule has 0 N–H and O–H groups in total. The van der Waals surface area contributed by atoms with Crippen LogP contribution < -0.4 is 5.69 Å². The van der Waals surface area contributed by atoms with Crippen molar-refractivity contribution >= 4 is 0 Å². The summed E-state index contributed by atoms with van der Waals surface area (Å²) >= 11 is 0. The second kappa shape index (κ2) is 5.92. The summed E-state index contributed by atoms with van der Waals surface area (Å²) in [7, 11) is 0. The predicted molar refractivity (Wildman–Crippen MR) is 82.5 cm³/mol. The third kappa shape index (κ3) is 2.96. The first kappa shape index (κ1) is 14.2. The molecule has 1 saturated carbocycles. The van der Waals surface area contributed by atoms with Crippen molar-refractivity contribution < 1.29 is 0 Å². The lowest BCUT2D eigenvalue weighted by molar-refractivity contribution is 0.328. The first-order valence-corrected chi connectivity index (χ1v) is 7.96. The van der Waals surface area contributed by atoms with Crippen LogP contribution in [-0.4, -0.2) is 18.9 Å². The second-order valence-corrected chi connectivity index (χ2v) is 6.29. The van der Waals surface area contributed by atoms with Gasteiger partial charge in [-0.25, -0.2) is 4.79 Å². The van der Waals surface area contributed by atoms with Crippen LogP contribution in [0.1, 0.15) is 63.7 Å². The summed E-state index contributed by atoms with van der Waals surface area (Å²) in [6.07, 6.45) is 12.2. The molecule has 2 aromatic rings. The van der Waals surface area contributed by atoms with Crippen molar-refractivity contribution in [3.63, 3.8) is 0 Å². The van der Waals surface area contributed by atoms with Crippen molar-refractivity contribution in [3.05, 3.63) is 40.8 Å². The molecule has 5 nitrogen and oxygen atoms in total. The number of hydrogen-bond donors (Lipinski definition) is 0. The number of aromatic nitrogens is 4. The molecule has 1 aliphatic rings. The van der Waals surface area contributed by atoms with Gasteiger partial charge in [-0.3, -0.25) is 13.8 Å². The van der Waals surface area contributed by atoms with Crippen molar-refractivity contribution in [2.24, 2.45) is 0 Å². The standard InChI is InChI=1S/C16H24N4O/c1-13(2)19-11-10-18(16(19)21)12-14-8-9-20(17-14)15-6-4-3-5-7-15/h8-11,13,15H,3-7,12H2,1-2H3. The fourth-order valence-corrected chi connectivity index (χ4v) is 3.13. The zero-order valence-electron chi connectivity index (χ0n) is 12.9. The Bertz CT molecular complexity index is 643. The Morgan fingerprint density at radius 2 is 1.95 bits per heavy atom. The lowest BCUT2D eigenvalue weighted by atomic mass is 9.96. The molecule has 0 spiro atoms. The Labute approximate surface area is 125 Å². The topological polar surface area (TPSA) is 44.8 Å². The highest BCUT2D eigenvalue weighted by molar-refractivity contribution is 5.02. The molecule has 0 aliphatic heterocycles. The Kier molecular flexibility index (Phi) is 3.99. The minimum atomic E-state index is 0.0391. The van der Waals surface area contributed by atoms with E-state index in [2.05, 4.69) is 16.0 Å². The van der Waals surface area contributed by atoms with Gasteiger partial charge < -0.3 is 0 Å². The Morgan fingerprint density at radius 3 is 2.62 bits per heavy atom. The van der Waals surface area contributed by atoms with Gasteiger partial charge >= 0.3 is 5.69 Å². The average molecular weight is 288 g/mol. The number of rotatable bonds is 4. The molecular formula is C16H24N4O. The fourth-order valence-electron chi connectivity index (χ4n) is 3.13. The molecular weight excluding hydrogens is 264 g/mol. The molecule has 0 aromatic carbocycles. The minimum absolute atomic E-state index is 0.0391. The largest absolute Gasteiger partial charge is 0.328 e. The summed E-state index contributed by atoms with van der Waals surface area (Å²) in [5.41, 5.74) is 1.00. The summed E-state index contributed by atoms with van der Waals surface area (Å²) in [6, 6.07) is 2.77. The highest BCUT2D eigenvalue weighted by Crippen LogP contribution is 2.27. The summed E-state index contributed by atoms with van der Waals surface area (Å²) in [6.45, 7) is 4.59. The minimum Gasteiger partial charge on any atom is -0.297 e.